The second-order valence-electron chi connectivity index (χ2n) is 18.5. The average molecular weight is 967 g/mol. The van der Waals surface area contributed by atoms with Gasteiger partial charge >= 0.3 is 0 Å². The first-order valence-electron chi connectivity index (χ1n) is 24.7. The van der Waals surface area contributed by atoms with Gasteiger partial charge in [0, 0.05) is 49.4 Å². The molecule has 0 spiro atoms. The first kappa shape index (κ1) is 44.8. The second kappa shape index (κ2) is 18.5. The highest BCUT2D eigenvalue weighted by molar-refractivity contribution is 6.13. The molecule has 8 nitrogen and oxygen atoms in total. The van der Waals surface area contributed by atoms with Gasteiger partial charge in [-0.05, 0) is 101 Å². The number of hydrogen-bond donors (Lipinski definition) is 0. The van der Waals surface area contributed by atoms with Crippen LogP contribution in [0.4, 0.5) is 0 Å². The van der Waals surface area contributed by atoms with E-state index in [1.807, 2.05) is 60.7 Å². The van der Waals surface area contributed by atoms with Crippen LogP contribution in [0.25, 0.3) is 122 Å². The molecular formula is C68H38N8. The largest absolute Gasteiger partial charge is 0.309 e. The number of nitriles is 4. The van der Waals surface area contributed by atoms with Crippen molar-refractivity contribution in [2.24, 2.45) is 0 Å². The van der Waals surface area contributed by atoms with Gasteiger partial charge < -0.3 is 9.13 Å². The lowest BCUT2D eigenvalue weighted by atomic mass is 9.93. The van der Waals surface area contributed by atoms with E-state index in [0.717, 1.165) is 116 Å². The fraction of sp³-hybridized carbons (Fsp3) is 0. The molecule has 3 aromatic heterocycles. The van der Waals surface area contributed by atoms with Crippen molar-refractivity contribution >= 4 is 43.6 Å². The van der Waals surface area contributed by atoms with E-state index in [-0.39, 0.29) is 0 Å². The zero-order valence-corrected chi connectivity index (χ0v) is 40.5. The molecule has 0 saturated carbocycles. The molecule has 0 amide bonds. The van der Waals surface area contributed by atoms with Gasteiger partial charge in [-0.2, -0.15) is 21.0 Å². The van der Waals surface area contributed by atoms with E-state index >= 15 is 0 Å². The molecule has 0 atom stereocenters. The molecule has 0 N–H and O–H groups in total. The lowest BCUT2D eigenvalue weighted by molar-refractivity contribution is 1.15. The Morgan fingerprint density at radius 2 is 0.776 bits per heavy atom. The van der Waals surface area contributed by atoms with Crippen molar-refractivity contribution in [3.05, 3.63) is 253 Å². The SMILES string of the molecule is N#Cc1ccc(-c2ccc3c(c2)c2ccccc2n3-c2ccccc2-c2c(-c3cc(-c4ccccc4)nc(-c4ccccc4)n3)cccc2-n2c3ccccc3c3cc(-c4ccc(C#N)cc4C#N)ccc32)c(C#N)c1. The molecule has 0 aliphatic carbocycles. The average Bonchev–Trinajstić information content (AvgIpc) is 4.13. The third-order valence-electron chi connectivity index (χ3n) is 14.3. The van der Waals surface area contributed by atoms with E-state index in [4.69, 9.17) is 9.97 Å². The minimum absolute atomic E-state index is 0.434. The molecule has 0 unspecified atom stereocenters. The standard InChI is InChI=1S/C68H38N8/c69-39-43-26-30-51(49(34-43)41-71)47-28-32-64-57(36-47)53-18-7-10-22-61(53)75(64)63-24-12-9-20-56(63)67-55(60-38-59(45-14-3-1-4-15-45)73-68(74-60)46-16-5-2-6-17-46)21-13-25-66(67)76-62-23-11-8-19-54(62)58-37-48(29-33-65(58)76)52-31-27-44(40-70)35-50(52)42-72/h1-38H. The summed E-state index contributed by atoms with van der Waals surface area (Å²) in [6.07, 6.45) is 0. The summed E-state index contributed by atoms with van der Waals surface area (Å²) < 4.78 is 4.68. The summed E-state index contributed by atoms with van der Waals surface area (Å²) in [6, 6.07) is 86.5. The number of aromatic nitrogens is 4. The zero-order valence-electron chi connectivity index (χ0n) is 40.5. The fourth-order valence-corrected chi connectivity index (χ4v) is 10.9. The molecule has 3 heterocycles. The molecule has 0 bridgehead atoms. The molecular weight excluding hydrogens is 929 g/mol. The Balaban J connectivity index is 1.11. The molecule has 0 aliphatic rings. The molecule has 0 aliphatic heterocycles. The van der Waals surface area contributed by atoms with Crippen molar-refractivity contribution in [2.45, 2.75) is 0 Å². The Bertz CT molecular complexity index is 4630. The van der Waals surface area contributed by atoms with E-state index in [2.05, 4.69) is 179 Å². The molecule has 13 rings (SSSR count). The minimum atomic E-state index is 0.434. The van der Waals surface area contributed by atoms with Crippen molar-refractivity contribution in [3.63, 3.8) is 0 Å². The quantitative estimate of drug-likeness (QED) is 0.149. The maximum Gasteiger partial charge on any atom is 0.160 e. The Morgan fingerprint density at radius 3 is 1.36 bits per heavy atom. The monoisotopic (exact) mass is 966 g/mol. The first-order valence-corrected chi connectivity index (χ1v) is 24.7. The molecule has 10 aromatic carbocycles. The molecule has 76 heavy (non-hydrogen) atoms. The third kappa shape index (κ3) is 7.43. The highest BCUT2D eigenvalue weighted by Gasteiger charge is 2.25. The van der Waals surface area contributed by atoms with E-state index in [1.54, 1.807) is 24.3 Å². The van der Waals surface area contributed by atoms with Crippen molar-refractivity contribution in [2.75, 3.05) is 0 Å². The predicted octanol–water partition coefficient (Wildman–Crippen LogP) is 16.2. The summed E-state index contributed by atoms with van der Waals surface area (Å²) in [5.41, 5.74) is 17.0. The van der Waals surface area contributed by atoms with Crippen molar-refractivity contribution in [1.29, 1.82) is 21.0 Å². The van der Waals surface area contributed by atoms with Crippen LogP contribution in [0.3, 0.4) is 0 Å². The summed E-state index contributed by atoms with van der Waals surface area (Å²) >= 11 is 0. The fourth-order valence-electron chi connectivity index (χ4n) is 10.9. The van der Waals surface area contributed by atoms with E-state index in [9.17, 15) is 21.0 Å². The van der Waals surface area contributed by atoms with Crippen molar-refractivity contribution in [3.8, 4) is 103 Å². The topological polar surface area (TPSA) is 131 Å². The van der Waals surface area contributed by atoms with Crippen LogP contribution in [0.15, 0.2) is 231 Å². The van der Waals surface area contributed by atoms with Gasteiger partial charge in [0.15, 0.2) is 5.82 Å². The lowest BCUT2D eigenvalue weighted by Crippen LogP contribution is -2.04. The van der Waals surface area contributed by atoms with Crippen LogP contribution in [0.5, 0.6) is 0 Å². The van der Waals surface area contributed by atoms with Crippen LogP contribution in [-0.2, 0) is 0 Å². The van der Waals surface area contributed by atoms with Gasteiger partial charge in [-0.3, -0.25) is 0 Å². The van der Waals surface area contributed by atoms with Crippen LogP contribution in [0.1, 0.15) is 22.3 Å². The minimum Gasteiger partial charge on any atom is -0.309 e. The molecule has 0 radical (unpaired) electrons. The third-order valence-corrected chi connectivity index (χ3v) is 14.3. The van der Waals surface area contributed by atoms with Crippen LogP contribution in [0, 0.1) is 45.3 Å². The summed E-state index contributed by atoms with van der Waals surface area (Å²) in [4.78, 5) is 10.6. The second-order valence-corrected chi connectivity index (χ2v) is 18.5. The number of para-hydroxylation sites is 3. The van der Waals surface area contributed by atoms with Crippen LogP contribution < -0.4 is 0 Å². The summed E-state index contributed by atoms with van der Waals surface area (Å²) in [5, 5.41) is 43.9. The number of hydrogen-bond acceptors (Lipinski definition) is 6. The Morgan fingerprint density at radius 1 is 0.303 bits per heavy atom. The Kier molecular flexibility index (Phi) is 10.9. The molecule has 0 saturated heterocycles. The van der Waals surface area contributed by atoms with Gasteiger partial charge in [0.2, 0.25) is 0 Å². The highest BCUT2D eigenvalue weighted by Crippen LogP contribution is 2.46. The van der Waals surface area contributed by atoms with E-state index in [0.29, 0.717) is 28.1 Å². The first-order chi connectivity index (χ1) is 37.5. The highest BCUT2D eigenvalue weighted by atomic mass is 15.0. The molecule has 350 valence electrons. The van der Waals surface area contributed by atoms with Gasteiger partial charge in [0.25, 0.3) is 0 Å². The van der Waals surface area contributed by atoms with Crippen LogP contribution >= 0.6 is 0 Å². The maximum absolute atomic E-state index is 10.3. The van der Waals surface area contributed by atoms with Gasteiger partial charge in [0.1, 0.15) is 0 Å². The zero-order chi connectivity index (χ0) is 51.3. The van der Waals surface area contributed by atoms with Crippen LogP contribution in [-0.4, -0.2) is 19.1 Å². The number of rotatable bonds is 8. The molecule has 13 aromatic rings. The smallest absolute Gasteiger partial charge is 0.160 e. The number of benzene rings is 10. The summed E-state index contributed by atoms with van der Waals surface area (Å²) in [5.74, 6) is 0.602. The number of nitrogens with zero attached hydrogens (tertiary/aromatic N) is 8. The lowest BCUT2D eigenvalue weighted by Gasteiger charge is -2.22. The molecule has 0 fully saturated rings. The predicted molar refractivity (Wildman–Crippen MR) is 302 cm³/mol. The number of fused-ring (bicyclic) bond motifs is 6. The van der Waals surface area contributed by atoms with Gasteiger partial charge in [-0.15, -0.1) is 0 Å². The van der Waals surface area contributed by atoms with Gasteiger partial charge in [0.05, 0.1) is 91.4 Å². The van der Waals surface area contributed by atoms with Gasteiger partial charge in [-0.25, -0.2) is 9.97 Å². The van der Waals surface area contributed by atoms with Crippen molar-refractivity contribution in [1.82, 2.24) is 19.1 Å². The van der Waals surface area contributed by atoms with Gasteiger partial charge in [-0.1, -0.05) is 152 Å². The summed E-state index contributed by atoms with van der Waals surface area (Å²) in [6.45, 7) is 0. The van der Waals surface area contributed by atoms with Crippen LogP contribution in [0.2, 0.25) is 0 Å². The van der Waals surface area contributed by atoms with Crippen molar-refractivity contribution < 1.29 is 0 Å². The Labute approximate surface area is 437 Å². The molecule has 8 heteroatoms. The summed E-state index contributed by atoms with van der Waals surface area (Å²) in [7, 11) is 0. The van der Waals surface area contributed by atoms with E-state index < -0.39 is 0 Å². The Hall–Kier alpha value is -11.2. The maximum atomic E-state index is 10.3. The normalized spacial score (nSPS) is 11.1. The van der Waals surface area contributed by atoms with E-state index in [1.165, 1.54) is 0 Å².